The highest BCUT2D eigenvalue weighted by Crippen LogP contribution is 2.16. The van der Waals surface area contributed by atoms with Crippen LogP contribution in [0.15, 0.2) is 42.5 Å². The lowest BCUT2D eigenvalue weighted by Crippen LogP contribution is -2.39. The van der Waals surface area contributed by atoms with Crippen LogP contribution in [0.25, 0.3) is 10.8 Å². The predicted molar refractivity (Wildman–Crippen MR) is 82.1 cm³/mol. The van der Waals surface area contributed by atoms with Crippen molar-refractivity contribution >= 4 is 22.6 Å². The fourth-order valence-electron chi connectivity index (χ4n) is 1.99. The quantitative estimate of drug-likeness (QED) is 0.887. The van der Waals surface area contributed by atoms with Gasteiger partial charge in [0.05, 0.1) is 11.8 Å². The number of aliphatic carboxylic acids is 1. The van der Waals surface area contributed by atoms with E-state index in [-0.39, 0.29) is 18.9 Å². The predicted octanol–water partition coefficient (Wildman–Crippen LogP) is 2.61. The van der Waals surface area contributed by atoms with Gasteiger partial charge in [0.1, 0.15) is 0 Å². The van der Waals surface area contributed by atoms with Crippen molar-refractivity contribution < 1.29 is 14.7 Å². The summed E-state index contributed by atoms with van der Waals surface area (Å²) in [4.78, 5) is 22.9. The lowest BCUT2D eigenvalue weighted by molar-refractivity contribution is -0.146. The normalized spacial score (nSPS) is 11.3. The summed E-state index contributed by atoms with van der Waals surface area (Å²) in [5.74, 6) is -1.09. The molecule has 2 aromatic carbocycles. The lowest BCUT2D eigenvalue weighted by atomic mass is 9.94. The molecule has 0 atom stereocenters. The second kappa shape index (κ2) is 5.95. The summed E-state index contributed by atoms with van der Waals surface area (Å²) in [6.07, 6.45) is 0.251. The fourth-order valence-corrected chi connectivity index (χ4v) is 1.99. The molecule has 1 amide bonds. The number of hydrogen-bond donors (Lipinski definition) is 2. The van der Waals surface area contributed by atoms with Crippen LogP contribution in [-0.2, 0) is 16.0 Å². The smallest absolute Gasteiger partial charge is 0.310 e. The Bertz CT molecular complexity index is 677. The van der Waals surface area contributed by atoms with Gasteiger partial charge in [-0.2, -0.15) is 0 Å². The highest BCUT2D eigenvalue weighted by atomic mass is 16.4. The molecule has 2 N–H and O–H groups in total. The van der Waals surface area contributed by atoms with Crippen LogP contribution in [0, 0.1) is 5.41 Å². The first-order valence-corrected chi connectivity index (χ1v) is 6.86. The van der Waals surface area contributed by atoms with Gasteiger partial charge in [-0.05, 0) is 30.2 Å². The molecule has 0 bridgehead atoms. The highest BCUT2D eigenvalue weighted by molar-refractivity contribution is 5.85. The maximum absolute atomic E-state index is 11.9. The number of carboxylic acid groups (broad SMARTS) is 1. The highest BCUT2D eigenvalue weighted by Gasteiger charge is 2.27. The number of nitrogens with one attached hydrogen (secondary N) is 1. The summed E-state index contributed by atoms with van der Waals surface area (Å²) in [6, 6.07) is 13.9. The number of fused-ring (bicyclic) bond motifs is 1. The monoisotopic (exact) mass is 285 g/mol. The summed E-state index contributed by atoms with van der Waals surface area (Å²) >= 11 is 0. The van der Waals surface area contributed by atoms with E-state index < -0.39 is 11.4 Å². The minimum absolute atomic E-state index is 0.120. The number of benzene rings is 2. The summed E-state index contributed by atoms with van der Waals surface area (Å²) in [5.41, 5.74) is -0.0432. The average Bonchev–Trinajstić information content (AvgIpc) is 2.45. The van der Waals surface area contributed by atoms with E-state index in [0.717, 1.165) is 16.3 Å². The van der Waals surface area contributed by atoms with Crippen molar-refractivity contribution in [2.24, 2.45) is 5.41 Å². The molecule has 4 nitrogen and oxygen atoms in total. The maximum Gasteiger partial charge on any atom is 0.310 e. The molecule has 0 radical (unpaired) electrons. The number of carbonyl (C=O) groups is 2. The first-order chi connectivity index (χ1) is 9.88. The summed E-state index contributed by atoms with van der Waals surface area (Å²) in [5, 5.41) is 13.9. The van der Waals surface area contributed by atoms with Gasteiger partial charge in [0.25, 0.3) is 0 Å². The summed E-state index contributed by atoms with van der Waals surface area (Å²) in [6.45, 7) is 3.30. The van der Waals surface area contributed by atoms with Gasteiger partial charge in [-0.1, -0.05) is 42.5 Å². The van der Waals surface area contributed by atoms with Gasteiger partial charge in [-0.15, -0.1) is 0 Å². The van der Waals surface area contributed by atoms with E-state index in [1.165, 1.54) is 0 Å². The zero-order valence-electron chi connectivity index (χ0n) is 12.2. The molecule has 0 aromatic heterocycles. The Hall–Kier alpha value is -2.36. The molecule has 0 heterocycles. The van der Waals surface area contributed by atoms with Crippen molar-refractivity contribution in [2.75, 3.05) is 6.54 Å². The van der Waals surface area contributed by atoms with Crippen molar-refractivity contribution in [1.29, 1.82) is 0 Å². The third-order valence-electron chi connectivity index (χ3n) is 3.49. The number of carbonyl (C=O) groups excluding carboxylic acids is 1. The van der Waals surface area contributed by atoms with Crippen molar-refractivity contribution in [3.05, 3.63) is 48.0 Å². The maximum atomic E-state index is 11.9. The minimum Gasteiger partial charge on any atom is -0.481 e. The Balaban J connectivity index is 2.00. The molecule has 21 heavy (non-hydrogen) atoms. The molecule has 0 unspecified atom stereocenters. The van der Waals surface area contributed by atoms with Crippen molar-refractivity contribution in [3.8, 4) is 0 Å². The number of hydrogen-bond acceptors (Lipinski definition) is 2. The van der Waals surface area contributed by atoms with E-state index in [2.05, 4.69) is 5.32 Å². The molecule has 0 fully saturated rings. The van der Waals surface area contributed by atoms with Crippen molar-refractivity contribution in [3.63, 3.8) is 0 Å². The Morgan fingerprint density at radius 3 is 2.43 bits per heavy atom. The Morgan fingerprint density at radius 2 is 1.76 bits per heavy atom. The van der Waals surface area contributed by atoms with Crippen LogP contribution in [0.4, 0.5) is 0 Å². The molecule has 0 aliphatic rings. The molecule has 0 aliphatic heterocycles. The van der Waals surface area contributed by atoms with Gasteiger partial charge in [-0.25, -0.2) is 0 Å². The van der Waals surface area contributed by atoms with Gasteiger partial charge in [0.15, 0.2) is 0 Å². The third-order valence-corrected chi connectivity index (χ3v) is 3.49. The van der Waals surface area contributed by atoms with Gasteiger partial charge in [-0.3, -0.25) is 9.59 Å². The molecule has 0 spiro atoms. The molecule has 0 saturated carbocycles. The van der Waals surface area contributed by atoms with Crippen LogP contribution in [-0.4, -0.2) is 23.5 Å². The van der Waals surface area contributed by atoms with Gasteiger partial charge < -0.3 is 10.4 Å². The topological polar surface area (TPSA) is 66.4 Å². The minimum atomic E-state index is -0.959. The van der Waals surface area contributed by atoms with Crippen molar-refractivity contribution in [1.82, 2.24) is 5.32 Å². The number of rotatable bonds is 5. The van der Waals surface area contributed by atoms with Crippen molar-refractivity contribution in [2.45, 2.75) is 20.3 Å². The van der Waals surface area contributed by atoms with E-state index >= 15 is 0 Å². The van der Waals surface area contributed by atoms with E-state index in [1.54, 1.807) is 13.8 Å². The van der Waals surface area contributed by atoms with E-state index in [0.29, 0.717) is 0 Å². The largest absolute Gasteiger partial charge is 0.481 e. The lowest BCUT2D eigenvalue weighted by Gasteiger charge is -2.19. The number of amides is 1. The van der Waals surface area contributed by atoms with E-state index in [4.69, 9.17) is 5.11 Å². The summed E-state index contributed by atoms with van der Waals surface area (Å²) < 4.78 is 0. The van der Waals surface area contributed by atoms with Gasteiger partial charge in [0.2, 0.25) is 5.91 Å². The van der Waals surface area contributed by atoms with E-state index in [1.807, 2.05) is 42.5 Å². The van der Waals surface area contributed by atoms with Crippen LogP contribution in [0.1, 0.15) is 19.4 Å². The molecule has 2 rings (SSSR count). The molecule has 0 saturated heterocycles. The van der Waals surface area contributed by atoms with Crippen LogP contribution in [0.3, 0.4) is 0 Å². The van der Waals surface area contributed by atoms with Crippen LogP contribution in [0.5, 0.6) is 0 Å². The summed E-state index contributed by atoms with van der Waals surface area (Å²) in [7, 11) is 0. The first kappa shape index (κ1) is 15.0. The molecule has 2 aromatic rings. The zero-order valence-corrected chi connectivity index (χ0v) is 12.2. The van der Waals surface area contributed by atoms with Gasteiger partial charge >= 0.3 is 5.97 Å². The standard InChI is InChI=1S/C17H19NO3/c1-17(2,16(20)21)11-18-15(19)10-12-7-8-13-5-3-4-6-14(13)9-12/h3-9H,10-11H2,1-2H3,(H,18,19)(H,20,21). The molecular formula is C17H19NO3. The average molecular weight is 285 g/mol. The first-order valence-electron chi connectivity index (χ1n) is 6.86. The Kier molecular flexibility index (Phi) is 4.26. The number of carboxylic acids is 1. The van der Waals surface area contributed by atoms with Gasteiger partial charge in [0, 0.05) is 6.54 Å². The molecule has 4 heteroatoms. The van der Waals surface area contributed by atoms with Crippen LogP contribution < -0.4 is 5.32 Å². The molecule has 110 valence electrons. The van der Waals surface area contributed by atoms with Crippen LogP contribution in [0.2, 0.25) is 0 Å². The van der Waals surface area contributed by atoms with Crippen LogP contribution >= 0.6 is 0 Å². The third kappa shape index (κ3) is 3.81. The zero-order chi connectivity index (χ0) is 15.5. The SMILES string of the molecule is CC(C)(CNC(=O)Cc1ccc2ccccc2c1)C(=O)O. The van der Waals surface area contributed by atoms with E-state index in [9.17, 15) is 9.59 Å². The Morgan fingerprint density at radius 1 is 1.10 bits per heavy atom. The Labute approximate surface area is 123 Å². The molecular weight excluding hydrogens is 266 g/mol. The second-order valence-corrected chi connectivity index (χ2v) is 5.82. The second-order valence-electron chi connectivity index (χ2n) is 5.82. The fraction of sp³-hybridized carbons (Fsp3) is 0.294. The molecule has 0 aliphatic carbocycles.